The quantitative estimate of drug-likeness (QED) is 0.576. The van der Waals surface area contributed by atoms with Gasteiger partial charge in [-0.15, -0.1) is 0 Å². The smallest absolute Gasteiger partial charge is 0.407 e. The standard InChI is InChI=1S/C21H27N3O4/c25-19(14-23-21(27)28-15-16-4-2-1-3-5-16)20(26)17-6-8-18(9-7-17)24-12-10-22-11-13-24/h1-9,19-20,22,25-26H,10-15H2,(H,23,27). The van der Waals surface area contributed by atoms with Gasteiger partial charge in [0.1, 0.15) is 18.8 Å². The molecule has 1 aliphatic rings. The topological polar surface area (TPSA) is 94.1 Å². The Balaban J connectivity index is 1.44. The van der Waals surface area contributed by atoms with Gasteiger partial charge >= 0.3 is 6.09 Å². The lowest BCUT2D eigenvalue weighted by Gasteiger charge is -2.29. The summed E-state index contributed by atoms with van der Waals surface area (Å²) >= 11 is 0. The van der Waals surface area contributed by atoms with Gasteiger partial charge in [-0.2, -0.15) is 0 Å². The number of aliphatic hydroxyl groups is 2. The van der Waals surface area contributed by atoms with Crippen LogP contribution in [0.5, 0.6) is 0 Å². The first-order valence-corrected chi connectivity index (χ1v) is 9.50. The molecule has 7 nitrogen and oxygen atoms in total. The molecule has 0 aliphatic carbocycles. The average Bonchev–Trinajstić information content (AvgIpc) is 2.77. The number of carbonyl (C=O) groups excluding carboxylic acids is 1. The molecule has 3 rings (SSSR count). The minimum atomic E-state index is -1.13. The van der Waals surface area contributed by atoms with Gasteiger partial charge in [0.2, 0.25) is 0 Å². The van der Waals surface area contributed by atoms with Crippen molar-refractivity contribution in [2.45, 2.75) is 18.8 Å². The molecule has 150 valence electrons. The van der Waals surface area contributed by atoms with Crippen LogP contribution in [0.15, 0.2) is 54.6 Å². The van der Waals surface area contributed by atoms with Gasteiger partial charge in [-0.25, -0.2) is 4.79 Å². The van der Waals surface area contributed by atoms with E-state index in [1.807, 2.05) is 42.5 Å². The maximum absolute atomic E-state index is 11.8. The molecule has 7 heteroatoms. The molecule has 1 amide bonds. The van der Waals surface area contributed by atoms with Crippen LogP contribution in [0.4, 0.5) is 10.5 Å². The number of alkyl carbamates (subject to hydrolysis) is 1. The van der Waals surface area contributed by atoms with Gasteiger partial charge < -0.3 is 30.5 Å². The first-order valence-electron chi connectivity index (χ1n) is 9.50. The Morgan fingerprint density at radius 3 is 2.43 bits per heavy atom. The van der Waals surface area contributed by atoms with Gasteiger partial charge in [0.25, 0.3) is 0 Å². The molecule has 0 bridgehead atoms. The van der Waals surface area contributed by atoms with Crippen LogP contribution < -0.4 is 15.5 Å². The van der Waals surface area contributed by atoms with Crippen molar-refractivity contribution >= 4 is 11.8 Å². The Hall–Kier alpha value is -2.61. The molecule has 0 saturated carbocycles. The normalized spacial score (nSPS) is 16.3. The molecule has 1 saturated heterocycles. The summed E-state index contributed by atoms with van der Waals surface area (Å²) in [6, 6.07) is 16.8. The second kappa shape index (κ2) is 10.1. The van der Waals surface area contributed by atoms with Crippen molar-refractivity contribution in [3.05, 3.63) is 65.7 Å². The van der Waals surface area contributed by atoms with Crippen molar-refractivity contribution in [2.24, 2.45) is 0 Å². The highest BCUT2D eigenvalue weighted by Crippen LogP contribution is 2.21. The monoisotopic (exact) mass is 385 g/mol. The lowest BCUT2D eigenvalue weighted by molar-refractivity contribution is 0.0184. The number of hydrogen-bond donors (Lipinski definition) is 4. The number of piperazine rings is 1. The van der Waals surface area contributed by atoms with Crippen LogP contribution in [0.25, 0.3) is 0 Å². The predicted molar refractivity (Wildman–Crippen MR) is 107 cm³/mol. The number of amides is 1. The van der Waals surface area contributed by atoms with Crippen molar-refractivity contribution in [2.75, 3.05) is 37.6 Å². The van der Waals surface area contributed by atoms with Crippen molar-refractivity contribution in [3.8, 4) is 0 Å². The van der Waals surface area contributed by atoms with E-state index < -0.39 is 18.3 Å². The second-order valence-electron chi connectivity index (χ2n) is 6.78. The van der Waals surface area contributed by atoms with E-state index in [0.717, 1.165) is 37.4 Å². The first-order chi connectivity index (χ1) is 13.6. The third-order valence-electron chi connectivity index (χ3n) is 4.75. The van der Waals surface area contributed by atoms with E-state index in [2.05, 4.69) is 15.5 Å². The van der Waals surface area contributed by atoms with Gasteiger partial charge in [-0.3, -0.25) is 0 Å². The third-order valence-corrected chi connectivity index (χ3v) is 4.75. The van der Waals surface area contributed by atoms with E-state index in [0.29, 0.717) is 5.56 Å². The van der Waals surface area contributed by atoms with E-state index in [1.54, 1.807) is 12.1 Å². The van der Waals surface area contributed by atoms with E-state index in [1.165, 1.54) is 0 Å². The zero-order chi connectivity index (χ0) is 19.8. The van der Waals surface area contributed by atoms with E-state index >= 15 is 0 Å². The van der Waals surface area contributed by atoms with Crippen LogP contribution in [0, 0.1) is 0 Å². The summed E-state index contributed by atoms with van der Waals surface area (Å²) in [6.07, 6.45) is -2.86. The first kappa shape index (κ1) is 20.1. The van der Waals surface area contributed by atoms with Crippen molar-refractivity contribution in [1.29, 1.82) is 0 Å². The predicted octanol–water partition coefficient (Wildman–Crippen LogP) is 1.42. The maximum atomic E-state index is 11.8. The number of nitrogens with one attached hydrogen (secondary N) is 2. The van der Waals surface area contributed by atoms with Crippen LogP contribution in [0.3, 0.4) is 0 Å². The summed E-state index contributed by atoms with van der Waals surface area (Å²) in [4.78, 5) is 14.0. The van der Waals surface area contributed by atoms with Crippen LogP contribution in [-0.4, -0.2) is 55.1 Å². The number of anilines is 1. The highest BCUT2D eigenvalue weighted by molar-refractivity contribution is 5.67. The number of nitrogens with zero attached hydrogens (tertiary/aromatic N) is 1. The SMILES string of the molecule is O=C(NCC(O)C(O)c1ccc(N2CCNCC2)cc1)OCc1ccccc1. The molecule has 2 aromatic rings. The fraction of sp³-hybridized carbons (Fsp3) is 0.381. The minimum Gasteiger partial charge on any atom is -0.445 e. The summed E-state index contributed by atoms with van der Waals surface area (Å²) < 4.78 is 5.09. The van der Waals surface area contributed by atoms with Crippen molar-refractivity contribution in [3.63, 3.8) is 0 Å². The summed E-state index contributed by atoms with van der Waals surface area (Å²) in [5.41, 5.74) is 2.57. The molecule has 2 aromatic carbocycles. The molecule has 0 spiro atoms. The van der Waals surface area contributed by atoms with Crippen LogP contribution in [0.2, 0.25) is 0 Å². The summed E-state index contributed by atoms with van der Waals surface area (Å²) in [6.45, 7) is 3.84. The Morgan fingerprint density at radius 1 is 1.07 bits per heavy atom. The fourth-order valence-electron chi connectivity index (χ4n) is 3.10. The third kappa shape index (κ3) is 5.69. The molecule has 0 radical (unpaired) electrons. The molecule has 1 fully saturated rings. The molecule has 2 unspecified atom stereocenters. The second-order valence-corrected chi connectivity index (χ2v) is 6.78. The van der Waals surface area contributed by atoms with Crippen LogP contribution in [0.1, 0.15) is 17.2 Å². The fourth-order valence-corrected chi connectivity index (χ4v) is 3.10. The van der Waals surface area contributed by atoms with Crippen LogP contribution >= 0.6 is 0 Å². The highest BCUT2D eigenvalue weighted by atomic mass is 16.5. The minimum absolute atomic E-state index is 0.103. The summed E-state index contributed by atoms with van der Waals surface area (Å²) in [5, 5.41) is 26.3. The van der Waals surface area contributed by atoms with Gasteiger partial charge in [0, 0.05) is 38.4 Å². The number of rotatable bonds is 7. The molecular formula is C21H27N3O4. The number of aliphatic hydroxyl groups excluding tert-OH is 2. The number of hydrogen-bond acceptors (Lipinski definition) is 6. The zero-order valence-corrected chi connectivity index (χ0v) is 15.8. The summed E-state index contributed by atoms with van der Waals surface area (Å²) in [5.74, 6) is 0. The zero-order valence-electron chi connectivity index (χ0n) is 15.8. The lowest BCUT2D eigenvalue weighted by atomic mass is 10.0. The maximum Gasteiger partial charge on any atom is 0.407 e. The molecule has 4 N–H and O–H groups in total. The molecule has 1 aliphatic heterocycles. The van der Waals surface area contributed by atoms with Crippen molar-refractivity contribution < 1.29 is 19.7 Å². The number of carbonyl (C=O) groups is 1. The van der Waals surface area contributed by atoms with Gasteiger partial charge in [0.05, 0.1) is 0 Å². The van der Waals surface area contributed by atoms with E-state index in [9.17, 15) is 15.0 Å². The molecule has 28 heavy (non-hydrogen) atoms. The van der Waals surface area contributed by atoms with E-state index in [-0.39, 0.29) is 13.2 Å². The molecule has 1 heterocycles. The Kier molecular flexibility index (Phi) is 7.25. The lowest BCUT2D eigenvalue weighted by Crippen LogP contribution is -2.43. The van der Waals surface area contributed by atoms with Crippen LogP contribution in [-0.2, 0) is 11.3 Å². The molecular weight excluding hydrogens is 358 g/mol. The highest BCUT2D eigenvalue weighted by Gasteiger charge is 2.20. The van der Waals surface area contributed by atoms with E-state index in [4.69, 9.17) is 4.74 Å². The van der Waals surface area contributed by atoms with Gasteiger partial charge in [-0.05, 0) is 23.3 Å². The number of ether oxygens (including phenoxy) is 1. The Morgan fingerprint density at radius 2 is 1.75 bits per heavy atom. The average molecular weight is 385 g/mol. The number of benzene rings is 2. The molecule has 2 atom stereocenters. The Labute approximate surface area is 164 Å². The molecule has 0 aromatic heterocycles. The van der Waals surface area contributed by atoms with Crippen molar-refractivity contribution in [1.82, 2.24) is 10.6 Å². The van der Waals surface area contributed by atoms with Gasteiger partial charge in [0.15, 0.2) is 0 Å². The largest absolute Gasteiger partial charge is 0.445 e. The van der Waals surface area contributed by atoms with Gasteiger partial charge in [-0.1, -0.05) is 42.5 Å². The summed E-state index contributed by atoms with van der Waals surface area (Å²) in [7, 11) is 0. The Bertz CT molecular complexity index is 733.